The molecule has 0 unspecified atom stereocenters. The molecule has 2 heterocycles. The van der Waals surface area contributed by atoms with Crippen LogP contribution in [-0.4, -0.2) is 48.4 Å². The number of halogens is 4. The van der Waals surface area contributed by atoms with Crippen LogP contribution in [0, 0.1) is 0 Å². The zero-order valence-corrected chi connectivity index (χ0v) is 20.5. The summed E-state index contributed by atoms with van der Waals surface area (Å²) in [4.78, 5) is 15.2. The van der Waals surface area contributed by atoms with Crippen LogP contribution in [-0.2, 0) is 22.6 Å². The second-order valence-corrected chi connectivity index (χ2v) is 11.4. The van der Waals surface area contributed by atoms with E-state index in [1.807, 2.05) is 0 Å². The molecule has 2 aromatic carbocycles. The molecule has 0 spiro atoms. The lowest BCUT2D eigenvalue weighted by Crippen LogP contribution is -2.43. The van der Waals surface area contributed by atoms with Gasteiger partial charge in [-0.2, -0.15) is 13.2 Å². The van der Waals surface area contributed by atoms with E-state index in [4.69, 9.17) is 11.6 Å². The van der Waals surface area contributed by atoms with E-state index in [0.717, 1.165) is 10.6 Å². The van der Waals surface area contributed by atoms with E-state index in [2.05, 4.69) is 0 Å². The summed E-state index contributed by atoms with van der Waals surface area (Å²) in [6.45, 7) is -0.156. The normalized spacial score (nSPS) is 16.3. The van der Waals surface area contributed by atoms with Gasteiger partial charge in [-0.15, -0.1) is 0 Å². The van der Waals surface area contributed by atoms with Crippen molar-refractivity contribution < 1.29 is 26.4 Å². The first-order valence-electron chi connectivity index (χ1n) is 11.0. The highest BCUT2D eigenvalue weighted by atomic mass is 35.5. The second kappa shape index (κ2) is 9.70. The first-order chi connectivity index (χ1) is 16.5. The molecule has 186 valence electrons. The van der Waals surface area contributed by atoms with Crippen LogP contribution in [0.1, 0.15) is 34.6 Å². The van der Waals surface area contributed by atoms with E-state index in [9.17, 15) is 26.4 Å². The number of carbonyl (C=O) groups excluding carboxylic acids is 1. The zero-order chi connectivity index (χ0) is 25.4. The Morgan fingerprint density at radius 1 is 1.06 bits per heavy atom. The lowest BCUT2D eigenvalue weighted by molar-refractivity contribution is -0.143. The topological polar surface area (TPSA) is 59.4 Å². The molecule has 1 aromatic heterocycles. The monoisotopic (exact) mass is 524 g/mol. The fourth-order valence-corrected chi connectivity index (χ4v) is 5.98. The number of nitrogens with zero attached hydrogens (tertiary/aromatic N) is 2. The Morgan fingerprint density at radius 2 is 1.66 bits per heavy atom. The Kier molecular flexibility index (Phi) is 7.02. The molecular weight excluding hydrogens is 501 g/mol. The third-order valence-electron chi connectivity index (χ3n) is 6.32. The summed E-state index contributed by atoms with van der Waals surface area (Å²) in [6.07, 6.45) is -4.22. The highest BCUT2D eigenvalue weighted by molar-refractivity contribution is 7.91. The second-order valence-electron chi connectivity index (χ2n) is 8.67. The van der Waals surface area contributed by atoms with E-state index >= 15 is 0 Å². The van der Waals surface area contributed by atoms with Gasteiger partial charge in [0.05, 0.1) is 11.5 Å². The zero-order valence-electron chi connectivity index (χ0n) is 18.9. The summed E-state index contributed by atoms with van der Waals surface area (Å²) in [6, 6.07) is 15.5. The van der Waals surface area contributed by atoms with Gasteiger partial charge in [0.2, 0.25) is 0 Å². The molecule has 0 radical (unpaired) electrons. The maximum atomic E-state index is 14.2. The van der Waals surface area contributed by atoms with Gasteiger partial charge >= 0.3 is 6.18 Å². The Hall–Kier alpha value is -2.78. The van der Waals surface area contributed by atoms with Crippen LogP contribution in [0.25, 0.3) is 11.1 Å². The molecule has 0 atom stereocenters. The van der Waals surface area contributed by atoms with Crippen LogP contribution in [0.4, 0.5) is 13.2 Å². The number of hydrogen-bond acceptors (Lipinski definition) is 3. The van der Waals surface area contributed by atoms with Crippen LogP contribution in [0.3, 0.4) is 0 Å². The van der Waals surface area contributed by atoms with Gasteiger partial charge in [-0.25, -0.2) is 8.42 Å². The maximum absolute atomic E-state index is 14.2. The van der Waals surface area contributed by atoms with E-state index in [0.29, 0.717) is 16.1 Å². The average Bonchev–Trinajstić information content (AvgIpc) is 3.19. The molecule has 0 saturated carbocycles. The molecule has 1 amide bonds. The fourth-order valence-electron chi connectivity index (χ4n) is 4.39. The summed E-state index contributed by atoms with van der Waals surface area (Å²) in [5, 5.41) is 0.418. The Balaban J connectivity index is 1.85. The molecule has 35 heavy (non-hydrogen) atoms. The number of hydrogen-bond donors (Lipinski definition) is 0. The predicted octanol–water partition coefficient (Wildman–Crippen LogP) is 5.52. The van der Waals surface area contributed by atoms with Crippen LogP contribution < -0.4 is 0 Å². The largest absolute Gasteiger partial charge is 0.431 e. The van der Waals surface area contributed by atoms with Gasteiger partial charge in [0.25, 0.3) is 5.91 Å². The maximum Gasteiger partial charge on any atom is 0.431 e. The summed E-state index contributed by atoms with van der Waals surface area (Å²) < 4.78 is 67.3. The van der Waals surface area contributed by atoms with Crippen molar-refractivity contribution in [2.24, 2.45) is 0 Å². The lowest BCUT2D eigenvalue weighted by atomic mass is 10.0. The minimum Gasteiger partial charge on any atom is -0.337 e. The van der Waals surface area contributed by atoms with Gasteiger partial charge < -0.3 is 9.47 Å². The van der Waals surface area contributed by atoms with Crippen molar-refractivity contribution >= 4 is 27.3 Å². The number of carbonyl (C=O) groups is 1. The van der Waals surface area contributed by atoms with Crippen LogP contribution in [0.2, 0.25) is 5.02 Å². The van der Waals surface area contributed by atoms with Crippen LogP contribution >= 0.6 is 11.6 Å². The number of rotatable bonds is 5. The van der Waals surface area contributed by atoms with Crippen molar-refractivity contribution in [2.45, 2.75) is 31.6 Å². The number of aromatic nitrogens is 1. The smallest absolute Gasteiger partial charge is 0.337 e. The number of benzene rings is 2. The van der Waals surface area contributed by atoms with Gasteiger partial charge in [-0.1, -0.05) is 54.1 Å². The Bertz CT molecular complexity index is 1310. The van der Waals surface area contributed by atoms with Crippen molar-refractivity contribution in [3.8, 4) is 11.1 Å². The van der Waals surface area contributed by atoms with Crippen molar-refractivity contribution in [1.29, 1.82) is 0 Å². The summed E-state index contributed by atoms with van der Waals surface area (Å²) >= 11 is 5.98. The fraction of sp³-hybridized carbons (Fsp3) is 0.320. The van der Waals surface area contributed by atoms with E-state index in [1.54, 1.807) is 54.6 Å². The molecule has 0 aliphatic carbocycles. The van der Waals surface area contributed by atoms with E-state index < -0.39 is 33.7 Å². The molecule has 1 aliphatic heterocycles. The van der Waals surface area contributed by atoms with Gasteiger partial charge in [0.1, 0.15) is 21.2 Å². The third-order valence-corrected chi connectivity index (χ3v) is 8.29. The minimum atomic E-state index is -4.70. The molecule has 0 N–H and O–H groups in total. The molecule has 3 aromatic rings. The quantitative estimate of drug-likeness (QED) is 0.441. The Morgan fingerprint density at radius 3 is 2.23 bits per heavy atom. The molecule has 10 heteroatoms. The lowest BCUT2D eigenvalue weighted by Gasteiger charge is -2.32. The van der Waals surface area contributed by atoms with Crippen molar-refractivity contribution in [2.75, 3.05) is 18.6 Å². The van der Waals surface area contributed by atoms with Gasteiger partial charge in [-0.3, -0.25) is 4.79 Å². The summed E-state index contributed by atoms with van der Waals surface area (Å²) in [7, 11) is -1.65. The third kappa shape index (κ3) is 5.56. The molecular formula is C25H24ClF3N2O3S. The molecule has 1 aliphatic rings. The van der Waals surface area contributed by atoms with Crippen molar-refractivity contribution in [3.63, 3.8) is 0 Å². The Labute approximate surface area is 207 Å². The predicted molar refractivity (Wildman–Crippen MR) is 129 cm³/mol. The van der Waals surface area contributed by atoms with E-state index in [1.165, 1.54) is 11.9 Å². The SMILES string of the molecule is CN(C(=O)c1c(-c2ccc(Cl)cc2)cc(C(F)(F)F)n1Cc1ccccc1)C1CCS(=O)(=O)CC1. The molecule has 4 rings (SSSR count). The van der Waals surface area contributed by atoms with Gasteiger partial charge in [0.15, 0.2) is 0 Å². The van der Waals surface area contributed by atoms with Gasteiger partial charge in [-0.05, 0) is 42.2 Å². The van der Waals surface area contributed by atoms with Crippen LogP contribution in [0.5, 0.6) is 0 Å². The standard InChI is InChI=1S/C25H24ClF3N2O3S/c1-30(20-11-13-35(33,34)14-12-20)24(32)23-21(18-7-9-19(26)10-8-18)15-22(25(27,28)29)31(23)16-17-5-3-2-4-6-17/h2-10,15,20H,11-14,16H2,1H3. The molecule has 1 saturated heterocycles. The minimum absolute atomic E-state index is 0.0574. The van der Waals surface area contributed by atoms with Crippen molar-refractivity contribution in [1.82, 2.24) is 9.47 Å². The van der Waals surface area contributed by atoms with E-state index in [-0.39, 0.29) is 42.1 Å². The highest BCUT2D eigenvalue weighted by Gasteiger charge is 2.40. The van der Waals surface area contributed by atoms with Crippen molar-refractivity contribution in [3.05, 3.63) is 82.6 Å². The molecule has 0 bridgehead atoms. The average molecular weight is 525 g/mol. The number of amides is 1. The molecule has 5 nitrogen and oxygen atoms in total. The van der Waals surface area contributed by atoms with Crippen LogP contribution in [0.15, 0.2) is 60.7 Å². The summed E-state index contributed by atoms with van der Waals surface area (Å²) in [5.41, 5.74) is 0.144. The number of sulfone groups is 1. The number of alkyl halides is 3. The first kappa shape index (κ1) is 25.3. The molecule has 1 fully saturated rings. The van der Waals surface area contributed by atoms with Gasteiger partial charge in [0, 0.05) is 30.2 Å². The first-order valence-corrected chi connectivity index (χ1v) is 13.2. The summed E-state index contributed by atoms with van der Waals surface area (Å²) in [5.74, 6) is -0.707. The highest BCUT2D eigenvalue weighted by Crippen LogP contribution is 2.38.